The maximum absolute atomic E-state index is 8.08. The van der Waals surface area contributed by atoms with Gasteiger partial charge < -0.3 is 34.7 Å². The second-order valence-electron chi connectivity index (χ2n) is 15.9. The van der Waals surface area contributed by atoms with Crippen molar-refractivity contribution in [3.05, 3.63) is 89.3 Å². The van der Waals surface area contributed by atoms with Gasteiger partial charge in [0.05, 0.1) is 43.2 Å². The molecule has 3 heterocycles. The summed E-state index contributed by atoms with van der Waals surface area (Å²) in [6.45, 7) is 6.94. The standard InChI is InChI=1S/C43H62ClN4O6P.C3H8O2/c1-2-3-4-5-6-7-8-9-10-11-12-13-14-20-29-50-37(31-49-30-35-21-16-15-17-22-35)33-52-55(54-41-24-19-18-23-38(41)44)51-32-36-25-28-42(53-36)39-26-27-40-43(45)46-34-47-48(39)40;1-3(2,4)5/h15-19,21-24,26-27,34,36-37,42H,2-14,20,25,28-33H2,1H3,(H2,45,46,47);4-5H,1-2H3. The largest absolute Gasteiger partial charge is 0.425 e. The first-order valence-corrected chi connectivity index (χ1v) is 23.5. The highest BCUT2D eigenvalue weighted by atomic mass is 35.5. The van der Waals surface area contributed by atoms with Gasteiger partial charge in [-0.2, -0.15) is 5.10 Å². The third-order valence-electron chi connectivity index (χ3n) is 9.96. The van der Waals surface area contributed by atoms with Crippen LogP contribution < -0.4 is 10.3 Å². The van der Waals surface area contributed by atoms with Gasteiger partial charge in [-0.25, -0.2) is 9.50 Å². The summed E-state index contributed by atoms with van der Waals surface area (Å²) in [4.78, 5) is 4.10. The zero-order valence-electron chi connectivity index (χ0n) is 36.1. The Morgan fingerprint density at radius 3 is 2.13 bits per heavy atom. The molecule has 0 amide bonds. The number of benzene rings is 2. The molecule has 2 aromatic heterocycles. The van der Waals surface area contributed by atoms with E-state index >= 15 is 0 Å². The molecule has 2 aromatic carbocycles. The van der Waals surface area contributed by atoms with Gasteiger partial charge in [0.2, 0.25) is 0 Å². The van der Waals surface area contributed by atoms with Crippen LogP contribution in [0.1, 0.15) is 141 Å². The van der Waals surface area contributed by atoms with E-state index in [-0.39, 0.29) is 24.9 Å². The fraction of sp³-hybridized carbons (Fsp3) is 0.609. The average Bonchev–Trinajstić information content (AvgIpc) is 3.89. The van der Waals surface area contributed by atoms with Gasteiger partial charge in [0, 0.05) is 6.61 Å². The number of unbranched alkanes of at least 4 members (excludes halogenated alkanes) is 13. The average molecular weight is 874 g/mol. The molecule has 0 aliphatic carbocycles. The lowest BCUT2D eigenvalue weighted by Crippen LogP contribution is -2.26. The van der Waals surface area contributed by atoms with Gasteiger partial charge in [-0.15, -0.1) is 0 Å². The van der Waals surface area contributed by atoms with Gasteiger partial charge in [-0.05, 0) is 62.9 Å². The Balaban J connectivity index is 0.00000150. The molecule has 1 fully saturated rings. The molecule has 1 aliphatic heterocycles. The Morgan fingerprint density at radius 2 is 1.47 bits per heavy atom. The number of halogens is 1. The first-order chi connectivity index (χ1) is 29.1. The van der Waals surface area contributed by atoms with E-state index in [0.29, 0.717) is 43.0 Å². The van der Waals surface area contributed by atoms with E-state index in [1.165, 1.54) is 97.2 Å². The summed E-state index contributed by atoms with van der Waals surface area (Å²) in [5.41, 5.74) is 8.86. The minimum atomic E-state index is -1.83. The Morgan fingerprint density at radius 1 is 0.833 bits per heavy atom. The first-order valence-electron chi connectivity index (χ1n) is 22.0. The molecule has 4 N–H and O–H groups in total. The van der Waals surface area contributed by atoms with Crippen molar-refractivity contribution in [3.8, 4) is 5.75 Å². The van der Waals surface area contributed by atoms with Crippen molar-refractivity contribution in [1.29, 1.82) is 0 Å². The van der Waals surface area contributed by atoms with Gasteiger partial charge in [-0.3, -0.25) is 9.05 Å². The Hall–Kier alpha value is -2.90. The third-order valence-corrected chi connectivity index (χ3v) is 11.3. The van der Waals surface area contributed by atoms with Crippen molar-refractivity contribution in [2.24, 2.45) is 0 Å². The molecule has 12 nitrogen and oxygen atoms in total. The highest BCUT2D eigenvalue weighted by Gasteiger charge is 2.31. The van der Waals surface area contributed by atoms with Crippen LogP contribution in [0.4, 0.5) is 5.82 Å². The van der Waals surface area contributed by atoms with Crippen LogP contribution >= 0.6 is 20.2 Å². The second kappa shape index (κ2) is 28.7. The molecule has 4 unspecified atom stereocenters. The molecule has 1 saturated heterocycles. The monoisotopic (exact) mass is 872 g/mol. The zero-order valence-corrected chi connectivity index (χ0v) is 37.7. The van der Waals surface area contributed by atoms with Crippen LogP contribution in [0.5, 0.6) is 5.75 Å². The van der Waals surface area contributed by atoms with E-state index < -0.39 is 14.4 Å². The number of para-hydroxylation sites is 1. The zero-order chi connectivity index (χ0) is 42.8. The Labute approximate surface area is 364 Å². The lowest BCUT2D eigenvalue weighted by Gasteiger charge is -2.23. The number of aromatic nitrogens is 3. The Bertz CT molecular complexity index is 1710. The smallest absolute Gasteiger partial charge is 0.397 e. The highest BCUT2D eigenvalue weighted by molar-refractivity contribution is 7.42. The maximum Gasteiger partial charge on any atom is 0.397 e. The normalized spacial score (nSPS) is 16.4. The topological polar surface area (TPSA) is 152 Å². The van der Waals surface area contributed by atoms with Crippen LogP contribution in [0.3, 0.4) is 0 Å². The summed E-state index contributed by atoms with van der Waals surface area (Å²) in [6.07, 6.45) is 21.0. The maximum atomic E-state index is 8.08. The number of nitrogens with zero attached hydrogens (tertiary/aromatic N) is 3. The van der Waals surface area contributed by atoms with Crippen LogP contribution in [0.25, 0.3) is 5.52 Å². The molecular weight excluding hydrogens is 803 g/mol. The van der Waals surface area contributed by atoms with Gasteiger partial charge in [0.1, 0.15) is 29.8 Å². The van der Waals surface area contributed by atoms with E-state index in [1.54, 1.807) is 10.6 Å². The van der Waals surface area contributed by atoms with E-state index in [4.69, 9.17) is 55.3 Å². The molecule has 0 bridgehead atoms. The molecule has 0 radical (unpaired) electrons. The predicted molar refractivity (Wildman–Crippen MR) is 240 cm³/mol. The number of rotatable bonds is 29. The molecular formula is C46H70ClN4O8P. The van der Waals surface area contributed by atoms with Crippen molar-refractivity contribution in [2.75, 3.05) is 32.2 Å². The number of fused-ring (bicyclic) bond motifs is 1. The van der Waals surface area contributed by atoms with Gasteiger partial charge in [0.15, 0.2) is 11.6 Å². The number of nitrogens with two attached hydrogens (primary N) is 1. The summed E-state index contributed by atoms with van der Waals surface area (Å²) < 4.78 is 39.6. The van der Waals surface area contributed by atoms with Crippen molar-refractivity contribution in [3.63, 3.8) is 0 Å². The lowest BCUT2D eigenvalue weighted by atomic mass is 10.0. The number of hydrogen-bond acceptors (Lipinski definition) is 11. The van der Waals surface area contributed by atoms with Crippen molar-refractivity contribution in [2.45, 2.75) is 154 Å². The van der Waals surface area contributed by atoms with Crippen molar-refractivity contribution >= 4 is 31.5 Å². The fourth-order valence-electron chi connectivity index (χ4n) is 6.81. The molecule has 334 valence electrons. The predicted octanol–water partition coefficient (Wildman–Crippen LogP) is 11.3. The Kier molecular flexibility index (Phi) is 23.8. The molecule has 0 spiro atoms. The van der Waals surface area contributed by atoms with E-state index in [9.17, 15) is 0 Å². The summed E-state index contributed by atoms with van der Waals surface area (Å²) in [6, 6.07) is 21.4. The summed E-state index contributed by atoms with van der Waals surface area (Å²) >= 11 is 6.48. The van der Waals surface area contributed by atoms with Crippen LogP contribution in [0.15, 0.2) is 73.1 Å². The lowest BCUT2D eigenvalue weighted by molar-refractivity contribution is -0.127. The number of aliphatic hydroxyl groups is 2. The molecule has 4 atom stereocenters. The highest BCUT2D eigenvalue weighted by Crippen LogP contribution is 2.44. The number of nitrogen functional groups attached to an aromatic ring is 1. The first kappa shape index (κ1) is 49.8. The van der Waals surface area contributed by atoms with E-state index in [0.717, 1.165) is 42.5 Å². The minimum Gasteiger partial charge on any atom is -0.425 e. The third kappa shape index (κ3) is 20.3. The van der Waals surface area contributed by atoms with Crippen LogP contribution in [-0.4, -0.2) is 69.2 Å². The molecule has 5 rings (SSSR count). The summed E-state index contributed by atoms with van der Waals surface area (Å²) in [5, 5.41) is 21.0. The number of hydrogen-bond donors (Lipinski definition) is 3. The molecule has 4 aromatic rings. The van der Waals surface area contributed by atoms with Gasteiger partial charge in [-0.1, -0.05) is 144 Å². The SMILES string of the molecule is CC(C)(O)O.CCCCCCCCCCCCCCCCOC(COCc1ccccc1)COP(OCC1CCC(c2ccc3c(N)ncnn23)O1)Oc1ccccc1Cl. The second-order valence-corrected chi connectivity index (χ2v) is 17.5. The molecule has 60 heavy (non-hydrogen) atoms. The minimum absolute atomic E-state index is 0.142. The summed E-state index contributed by atoms with van der Waals surface area (Å²) in [7, 11) is -1.83. The van der Waals surface area contributed by atoms with E-state index in [2.05, 4.69) is 29.1 Å². The number of ether oxygens (including phenoxy) is 3. The quantitative estimate of drug-likeness (QED) is 0.0271. The van der Waals surface area contributed by atoms with E-state index in [1.807, 2.05) is 48.5 Å². The fourth-order valence-corrected chi connectivity index (χ4v) is 8.12. The van der Waals surface area contributed by atoms with Crippen LogP contribution in [-0.2, 0) is 29.9 Å². The summed E-state index contributed by atoms with van der Waals surface area (Å²) in [5.74, 6) is -0.566. The molecule has 1 aliphatic rings. The van der Waals surface area contributed by atoms with Crippen LogP contribution in [0.2, 0.25) is 5.02 Å². The van der Waals surface area contributed by atoms with Crippen molar-refractivity contribution < 1.29 is 38.0 Å². The van der Waals surface area contributed by atoms with Gasteiger partial charge >= 0.3 is 8.60 Å². The van der Waals surface area contributed by atoms with Crippen LogP contribution in [0, 0.1) is 0 Å². The molecule has 14 heteroatoms. The number of anilines is 1. The van der Waals surface area contributed by atoms with Gasteiger partial charge in [0.25, 0.3) is 0 Å². The molecule has 0 saturated carbocycles. The van der Waals surface area contributed by atoms with Crippen molar-refractivity contribution in [1.82, 2.24) is 14.6 Å².